The van der Waals surface area contributed by atoms with Crippen LogP contribution in [-0.4, -0.2) is 35.2 Å². The normalized spacial score (nSPS) is 22.5. The highest BCUT2D eigenvalue weighted by Gasteiger charge is 2.32. The van der Waals surface area contributed by atoms with E-state index in [4.69, 9.17) is 4.74 Å². The van der Waals surface area contributed by atoms with Gasteiger partial charge in [0.05, 0.1) is 12.5 Å². The Morgan fingerprint density at radius 1 is 1.36 bits per heavy atom. The first kappa shape index (κ1) is 16.8. The second-order valence-corrected chi connectivity index (χ2v) is 6.14. The van der Waals surface area contributed by atoms with Gasteiger partial charge in [-0.15, -0.1) is 0 Å². The molecule has 0 bridgehead atoms. The molecule has 0 spiro atoms. The molecular weight excluding hydrogens is 278 g/mol. The summed E-state index contributed by atoms with van der Waals surface area (Å²) in [7, 11) is 0. The van der Waals surface area contributed by atoms with Crippen molar-refractivity contribution in [2.24, 2.45) is 5.92 Å². The van der Waals surface area contributed by atoms with E-state index in [-0.39, 0.29) is 12.0 Å². The Balaban J connectivity index is 1.91. The number of carboxylic acids is 1. The molecule has 1 fully saturated rings. The smallest absolute Gasteiger partial charge is 0.308 e. The summed E-state index contributed by atoms with van der Waals surface area (Å²) < 4.78 is 5.67. The van der Waals surface area contributed by atoms with Gasteiger partial charge in [0.2, 0.25) is 0 Å². The quantitative estimate of drug-likeness (QED) is 0.783. The Hall–Kier alpha value is -1.55. The number of unbranched alkanes of at least 4 members (excludes halogenated alkanes) is 1. The van der Waals surface area contributed by atoms with Crippen LogP contribution in [0.25, 0.3) is 0 Å². The van der Waals surface area contributed by atoms with Crippen molar-refractivity contribution in [2.75, 3.05) is 13.2 Å². The lowest BCUT2D eigenvalue weighted by atomic mass is 9.90. The van der Waals surface area contributed by atoms with Gasteiger partial charge in [0, 0.05) is 12.6 Å². The maximum absolute atomic E-state index is 11.3. The second kappa shape index (κ2) is 8.18. The van der Waals surface area contributed by atoms with E-state index < -0.39 is 5.97 Å². The van der Waals surface area contributed by atoms with Gasteiger partial charge in [-0.25, -0.2) is 0 Å². The number of aliphatic carboxylic acids is 1. The van der Waals surface area contributed by atoms with Crippen LogP contribution < -0.4 is 4.74 Å². The molecule has 22 heavy (non-hydrogen) atoms. The Morgan fingerprint density at radius 3 is 2.73 bits per heavy atom. The van der Waals surface area contributed by atoms with Crippen molar-refractivity contribution in [1.29, 1.82) is 0 Å². The lowest BCUT2D eigenvalue weighted by molar-refractivity contribution is -0.145. The molecule has 0 unspecified atom stereocenters. The summed E-state index contributed by atoms with van der Waals surface area (Å²) in [4.78, 5) is 13.6. The number of hydrogen-bond acceptors (Lipinski definition) is 3. The van der Waals surface area contributed by atoms with Crippen molar-refractivity contribution in [3.05, 3.63) is 29.8 Å². The predicted octanol–water partition coefficient (Wildman–Crippen LogP) is 3.55. The number of benzene rings is 1. The van der Waals surface area contributed by atoms with E-state index in [9.17, 15) is 9.90 Å². The Labute approximate surface area is 133 Å². The summed E-state index contributed by atoms with van der Waals surface area (Å²) >= 11 is 0. The Kier molecular flexibility index (Phi) is 6.25. The van der Waals surface area contributed by atoms with Crippen LogP contribution in [0.5, 0.6) is 5.75 Å². The van der Waals surface area contributed by atoms with Crippen LogP contribution in [0.2, 0.25) is 0 Å². The first-order valence-electron chi connectivity index (χ1n) is 8.30. The van der Waals surface area contributed by atoms with Gasteiger partial charge in [-0.3, -0.25) is 9.69 Å². The fourth-order valence-corrected chi connectivity index (χ4v) is 3.03. The van der Waals surface area contributed by atoms with Crippen molar-refractivity contribution in [3.63, 3.8) is 0 Å². The molecule has 122 valence electrons. The van der Waals surface area contributed by atoms with E-state index in [0.717, 1.165) is 51.1 Å². The molecule has 4 heteroatoms. The third-order valence-electron chi connectivity index (χ3n) is 4.51. The van der Waals surface area contributed by atoms with E-state index in [0.29, 0.717) is 0 Å². The van der Waals surface area contributed by atoms with Crippen molar-refractivity contribution in [1.82, 2.24) is 4.90 Å². The summed E-state index contributed by atoms with van der Waals surface area (Å²) in [5.74, 6) is -0.00502. The van der Waals surface area contributed by atoms with Gasteiger partial charge in [-0.1, -0.05) is 25.5 Å². The molecule has 1 aliphatic rings. The van der Waals surface area contributed by atoms with Gasteiger partial charge in [0.1, 0.15) is 5.75 Å². The minimum atomic E-state index is -0.670. The van der Waals surface area contributed by atoms with Gasteiger partial charge in [-0.05, 0) is 50.4 Å². The topological polar surface area (TPSA) is 49.8 Å². The zero-order valence-electron chi connectivity index (χ0n) is 13.6. The predicted molar refractivity (Wildman–Crippen MR) is 87.1 cm³/mol. The maximum Gasteiger partial charge on any atom is 0.308 e. The summed E-state index contributed by atoms with van der Waals surface area (Å²) in [6, 6.07) is 8.27. The highest BCUT2D eigenvalue weighted by atomic mass is 16.5. The van der Waals surface area contributed by atoms with Crippen LogP contribution in [0.3, 0.4) is 0 Å². The zero-order valence-corrected chi connectivity index (χ0v) is 13.6. The minimum absolute atomic E-state index is 0.0896. The molecule has 2 rings (SSSR count). The Bertz CT molecular complexity index is 472. The Morgan fingerprint density at radius 2 is 2.09 bits per heavy atom. The number of piperidine rings is 1. The highest BCUT2D eigenvalue weighted by Crippen LogP contribution is 2.25. The number of hydrogen-bond donors (Lipinski definition) is 1. The first-order chi connectivity index (χ1) is 10.6. The van der Waals surface area contributed by atoms with Crippen molar-refractivity contribution < 1.29 is 14.6 Å². The van der Waals surface area contributed by atoms with Crippen LogP contribution in [0.15, 0.2) is 24.3 Å². The molecule has 1 aromatic rings. The summed E-state index contributed by atoms with van der Waals surface area (Å²) in [6.07, 6.45) is 3.95. The highest BCUT2D eigenvalue weighted by molar-refractivity contribution is 5.70. The SMILES string of the molecule is CCCCOc1ccc(CN2CCC[C@H](C(=O)O)[C@@H]2C)cc1. The standard InChI is InChI=1S/C18H27NO3/c1-3-4-12-22-16-9-7-15(8-10-16)13-19-11-5-6-17(14(19)2)18(20)21/h7-10,14,17H,3-6,11-13H2,1-2H3,(H,20,21)/t14-,17-/m0/s1. The van der Waals surface area contributed by atoms with Crippen molar-refractivity contribution >= 4 is 5.97 Å². The van der Waals surface area contributed by atoms with E-state index in [1.165, 1.54) is 5.56 Å². The van der Waals surface area contributed by atoms with Crippen LogP contribution in [0.1, 0.15) is 45.1 Å². The fourth-order valence-electron chi connectivity index (χ4n) is 3.03. The molecule has 0 aliphatic carbocycles. The summed E-state index contributed by atoms with van der Waals surface area (Å²) in [5.41, 5.74) is 1.21. The van der Waals surface area contributed by atoms with Gasteiger partial charge in [0.25, 0.3) is 0 Å². The molecule has 0 aromatic heterocycles. The van der Waals surface area contributed by atoms with Crippen LogP contribution in [0, 0.1) is 5.92 Å². The molecular formula is C18H27NO3. The van der Waals surface area contributed by atoms with Gasteiger partial charge in [0.15, 0.2) is 0 Å². The number of likely N-dealkylation sites (tertiary alicyclic amines) is 1. The number of ether oxygens (including phenoxy) is 1. The van der Waals surface area contributed by atoms with E-state index in [2.05, 4.69) is 24.0 Å². The number of carboxylic acid groups (broad SMARTS) is 1. The fraction of sp³-hybridized carbons (Fsp3) is 0.611. The van der Waals surface area contributed by atoms with Crippen LogP contribution >= 0.6 is 0 Å². The maximum atomic E-state index is 11.3. The molecule has 1 aromatic carbocycles. The average molecular weight is 305 g/mol. The van der Waals surface area contributed by atoms with Crippen LogP contribution in [-0.2, 0) is 11.3 Å². The summed E-state index contributed by atoms with van der Waals surface area (Å²) in [6.45, 7) is 6.72. The third kappa shape index (κ3) is 4.47. The molecule has 1 saturated heterocycles. The van der Waals surface area contributed by atoms with E-state index in [1.807, 2.05) is 19.1 Å². The van der Waals surface area contributed by atoms with E-state index in [1.54, 1.807) is 0 Å². The largest absolute Gasteiger partial charge is 0.494 e. The molecule has 0 radical (unpaired) electrons. The number of carbonyl (C=O) groups is 1. The number of rotatable bonds is 7. The number of nitrogens with zero attached hydrogens (tertiary/aromatic N) is 1. The molecule has 1 aliphatic heterocycles. The van der Waals surface area contributed by atoms with Gasteiger partial charge < -0.3 is 9.84 Å². The first-order valence-corrected chi connectivity index (χ1v) is 8.30. The lowest BCUT2D eigenvalue weighted by Crippen LogP contribution is -2.45. The molecule has 0 amide bonds. The van der Waals surface area contributed by atoms with Gasteiger partial charge >= 0.3 is 5.97 Å². The zero-order chi connectivity index (χ0) is 15.9. The molecule has 1 heterocycles. The van der Waals surface area contributed by atoms with Crippen LogP contribution in [0.4, 0.5) is 0 Å². The molecule has 1 N–H and O–H groups in total. The molecule has 4 nitrogen and oxygen atoms in total. The minimum Gasteiger partial charge on any atom is -0.494 e. The third-order valence-corrected chi connectivity index (χ3v) is 4.51. The average Bonchev–Trinajstić information content (AvgIpc) is 2.51. The molecule has 2 atom stereocenters. The van der Waals surface area contributed by atoms with Gasteiger partial charge in [-0.2, -0.15) is 0 Å². The second-order valence-electron chi connectivity index (χ2n) is 6.14. The summed E-state index contributed by atoms with van der Waals surface area (Å²) in [5, 5.41) is 9.29. The monoisotopic (exact) mass is 305 g/mol. The van der Waals surface area contributed by atoms with Crippen molar-refractivity contribution in [3.8, 4) is 5.75 Å². The lowest BCUT2D eigenvalue weighted by Gasteiger charge is -2.37. The van der Waals surface area contributed by atoms with Crippen molar-refractivity contribution in [2.45, 2.75) is 52.1 Å². The molecule has 0 saturated carbocycles. The van der Waals surface area contributed by atoms with E-state index >= 15 is 0 Å².